The summed E-state index contributed by atoms with van der Waals surface area (Å²) in [4.78, 5) is 12.9. The number of hydrazone groups is 1. The molecule has 0 amide bonds. The summed E-state index contributed by atoms with van der Waals surface area (Å²) in [6, 6.07) is -0.645. The molecule has 1 heterocycles. The van der Waals surface area contributed by atoms with Crippen LogP contribution in [0.4, 0.5) is 0 Å². The van der Waals surface area contributed by atoms with Gasteiger partial charge in [-0.3, -0.25) is 5.01 Å². The number of nitrogens with zero attached hydrogens (tertiary/aromatic N) is 3. The number of hydrogen-bond acceptors (Lipinski definition) is 4. The van der Waals surface area contributed by atoms with Crippen LogP contribution in [0.2, 0.25) is 0 Å². The van der Waals surface area contributed by atoms with E-state index < -0.39 is 12.0 Å². The standard InChI is InChI=1S/C9H19N5O2/c1-6(2)7(8(15)16)13-4-3-5-14(11)9(13)12-10/h6-7H,3-5,10-11H2,1-2H3,(H,15,16)/b12-9+. The third-order valence-corrected chi connectivity index (χ3v) is 2.65. The monoisotopic (exact) mass is 229 g/mol. The van der Waals surface area contributed by atoms with E-state index in [1.54, 1.807) is 4.90 Å². The molecular formula is C9H19N5O2. The first-order valence-electron chi connectivity index (χ1n) is 5.28. The number of hydrogen-bond donors (Lipinski definition) is 3. The van der Waals surface area contributed by atoms with Gasteiger partial charge >= 0.3 is 5.97 Å². The maximum absolute atomic E-state index is 11.2. The summed E-state index contributed by atoms with van der Waals surface area (Å²) in [6.45, 7) is 4.95. The van der Waals surface area contributed by atoms with Crippen molar-refractivity contribution < 1.29 is 9.90 Å². The van der Waals surface area contributed by atoms with Crippen molar-refractivity contribution in [3.05, 3.63) is 0 Å². The molecule has 1 unspecified atom stereocenters. The van der Waals surface area contributed by atoms with Crippen molar-refractivity contribution in [1.29, 1.82) is 0 Å². The van der Waals surface area contributed by atoms with Gasteiger partial charge in [-0.1, -0.05) is 13.8 Å². The van der Waals surface area contributed by atoms with E-state index in [1.807, 2.05) is 13.8 Å². The van der Waals surface area contributed by atoms with E-state index in [0.29, 0.717) is 19.0 Å². The summed E-state index contributed by atoms with van der Waals surface area (Å²) < 4.78 is 0. The van der Waals surface area contributed by atoms with E-state index in [-0.39, 0.29) is 5.92 Å². The lowest BCUT2D eigenvalue weighted by Gasteiger charge is -2.40. The van der Waals surface area contributed by atoms with E-state index >= 15 is 0 Å². The molecule has 0 bridgehead atoms. The summed E-state index contributed by atoms with van der Waals surface area (Å²) in [5, 5.41) is 14.2. The van der Waals surface area contributed by atoms with Gasteiger partial charge in [0.25, 0.3) is 0 Å². The lowest BCUT2D eigenvalue weighted by Crippen LogP contribution is -2.60. The lowest BCUT2D eigenvalue weighted by atomic mass is 10.0. The van der Waals surface area contributed by atoms with E-state index in [9.17, 15) is 9.90 Å². The third-order valence-electron chi connectivity index (χ3n) is 2.65. The van der Waals surface area contributed by atoms with Gasteiger partial charge in [0.05, 0.1) is 0 Å². The molecule has 1 fully saturated rings. The fraction of sp³-hybridized carbons (Fsp3) is 0.778. The van der Waals surface area contributed by atoms with E-state index in [1.165, 1.54) is 5.01 Å². The molecule has 7 nitrogen and oxygen atoms in total. The number of rotatable bonds is 3. The molecule has 1 saturated heterocycles. The van der Waals surface area contributed by atoms with Crippen molar-refractivity contribution in [3.8, 4) is 0 Å². The van der Waals surface area contributed by atoms with Crippen LogP contribution in [-0.2, 0) is 4.79 Å². The molecule has 0 aromatic carbocycles. The van der Waals surface area contributed by atoms with Gasteiger partial charge < -0.3 is 15.8 Å². The summed E-state index contributed by atoms with van der Waals surface area (Å²) in [5.74, 6) is 10.4. The second-order valence-electron chi connectivity index (χ2n) is 4.20. The Balaban J connectivity index is 2.94. The number of carboxylic acid groups (broad SMARTS) is 1. The van der Waals surface area contributed by atoms with Crippen LogP contribution < -0.4 is 11.7 Å². The van der Waals surface area contributed by atoms with Crippen LogP contribution >= 0.6 is 0 Å². The molecule has 1 aliphatic rings. The summed E-state index contributed by atoms with van der Waals surface area (Å²) in [7, 11) is 0. The van der Waals surface area contributed by atoms with E-state index in [2.05, 4.69) is 5.10 Å². The quantitative estimate of drug-likeness (QED) is 0.432. The van der Waals surface area contributed by atoms with Crippen molar-refractivity contribution in [2.75, 3.05) is 13.1 Å². The molecule has 0 radical (unpaired) electrons. The van der Waals surface area contributed by atoms with Crippen molar-refractivity contribution >= 4 is 11.9 Å². The Hall–Kier alpha value is -1.50. The van der Waals surface area contributed by atoms with E-state index in [0.717, 1.165) is 6.42 Å². The largest absolute Gasteiger partial charge is 0.480 e. The highest BCUT2D eigenvalue weighted by Crippen LogP contribution is 2.16. The molecule has 0 aromatic heterocycles. The molecule has 7 heteroatoms. The highest BCUT2D eigenvalue weighted by Gasteiger charge is 2.34. The van der Waals surface area contributed by atoms with Crippen molar-refractivity contribution in [3.63, 3.8) is 0 Å². The summed E-state index contributed by atoms with van der Waals surface area (Å²) in [5.41, 5.74) is 0. The van der Waals surface area contributed by atoms with Gasteiger partial charge in [-0.2, -0.15) is 0 Å². The number of carbonyl (C=O) groups is 1. The van der Waals surface area contributed by atoms with Crippen LogP contribution in [0.25, 0.3) is 0 Å². The molecule has 5 N–H and O–H groups in total. The van der Waals surface area contributed by atoms with Gasteiger partial charge in [-0.05, 0) is 12.3 Å². The highest BCUT2D eigenvalue weighted by molar-refractivity contribution is 5.86. The second-order valence-corrected chi connectivity index (χ2v) is 4.20. The molecule has 16 heavy (non-hydrogen) atoms. The topological polar surface area (TPSA) is 108 Å². The second kappa shape index (κ2) is 5.02. The van der Waals surface area contributed by atoms with Gasteiger partial charge in [0.2, 0.25) is 5.96 Å². The third kappa shape index (κ3) is 2.35. The Morgan fingerprint density at radius 2 is 2.12 bits per heavy atom. The van der Waals surface area contributed by atoms with Crippen LogP contribution in [0.5, 0.6) is 0 Å². The highest BCUT2D eigenvalue weighted by atomic mass is 16.4. The van der Waals surface area contributed by atoms with Crippen LogP contribution in [0.15, 0.2) is 5.10 Å². The Kier molecular flexibility index (Phi) is 3.94. The van der Waals surface area contributed by atoms with Crippen molar-refractivity contribution in [1.82, 2.24) is 9.91 Å². The molecule has 1 rings (SSSR count). The van der Waals surface area contributed by atoms with Gasteiger partial charge in [0.1, 0.15) is 6.04 Å². The zero-order valence-corrected chi connectivity index (χ0v) is 9.63. The maximum atomic E-state index is 11.2. The summed E-state index contributed by atoms with van der Waals surface area (Å²) >= 11 is 0. The van der Waals surface area contributed by atoms with Gasteiger partial charge in [0.15, 0.2) is 0 Å². The minimum absolute atomic E-state index is 0.0410. The molecule has 0 saturated carbocycles. The first-order valence-corrected chi connectivity index (χ1v) is 5.28. The Morgan fingerprint density at radius 3 is 2.56 bits per heavy atom. The van der Waals surface area contributed by atoms with Gasteiger partial charge in [0, 0.05) is 13.1 Å². The Morgan fingerprint density at radius 1 is 1.50 bits per heavy atom. The smallest absolute Gasteiger partial charge is 0.326 e. The van der Waals surface area contributed by atoms with Crippen LogP contribution in [0.3, 0.4) is 0 Å². The minimum atomic E-state index is -0.883. The number of nitrogens with two attached hydrogens (primary N) is 2. The van der Waals surface area contributed by atoms with Crippen molar-refractivity contribution in [2.45, 2.75) is 26.3 Å². The maximum Gasteiger partial charge on any atom is 0.326 e. The minimum Gasteiger partial charge on any atom is -0.480 e. The Bertz CT molecular complexity index is 292. The van der Waals surface area contributed by atoms with Gasteiger partial charge in [-0.25, -0.2) is 10.6 Å². The predicted octanol–water partition coefficient (Wildman–Crippen LogP) is -0.793. The molecule has 92 valence electrons. The Labute approximate surface area is 94.6 Å². The average molecular weight is 229 g/mol. The molecular weight excluding hydrogens is 210 g/mol. The summed E-state index contributed by atoms with van der Waals surface area (Å²) in [6.07, 6.45) is 0.798. The molecule has 1 aliphatic heterocycles. The molecule has 1 atom stereocenters. The fourth-order valence-electron chi connectivity index (χ4n) is 1.97. The number of hydrazine groups is 1. The number of guanidine groups is 1. The molecule has 0 aromatic rings. The fourth-order valence-corrected chi connectivity index (χ4v) is 1.97. The number of aliphatic carboxylic acids is 1. The zero-order chi connectivity index (χ0) is 12.3. The van der Waals surface area contributed by atoms with Gasteiger partial charge in [-0.15, -0.1) is 5.10 Å². The average Bonchev–Trinajstić information content (AvgIpc) is 2.16. The molecule has 0 spiro atoms. The SMILES string of the molecule is CC(C)C(C(=O)O)N1CCCN(N)/C1=N/N. The first kappa shape index (κ1) is 12.6. The number of carboxylic acids is 1. The molecule has 0 aliphatic carbocycles. The van der Waals surface area contributed by atoms with Crippen LogP contribution in [0.1, 0.15) is 20.3 Å². The van der Waals surface area contributed by atoms with Crippen LogP contribution in [-0.4, -0.2) is 46.1 Å². The lowest BCUT2D eigenvalue weighted by molar-refractivity contribution is -0.143. The predicted molar refractivity (Wildman–Crippen MR) is 60.1 cm³/mol. The normalized spacial score (nSPS) is 21.6. The first-order chi connectivity index (χ1) is 7.49. The zero-order valence-electron chi connectivity index (χ0n) is 9.63. The van der Waals surface area contributed by atoms with Crippen molar-refractivity contribution in [2.24, 2.45) is 22.7 Å². The van der Waals surface area contributed by atoms with E-state index in [4.69, 9.17) is 11.7 Å². The van der Waals surface area contributed by atoms with Crippen LogP contribution in [0, 0.1) is 5.92 Å².